The number of carbonyl (C=O) groups excluding carboxylic acids is 1. The lowest BCUT2D eigenvalue weighted by Gasteiger charge is -2.12. The number of anilines is 2. The number of fused-ring (bicyclic) bond motifs is 1. The Bertz CT molecular complexity index is 1360. The zero-order valence-electron chi connectivity index (χ0n) is 18.7. The van der Waals surface area contributed by atoms with Crippen molar-refractivity contribution in [3.8, 4) is 23.3 Å². The second-order valence-electron chi connectivity index (χ2n) is 7.67. The average molecular weight is 437 g/mol. The Balaban J connectivity index is 1.57. The Morgan fingerprint density at radius 3 is 2.61 bits per heavy atom. The van der Waals surface area contributed by atoms with E-state index in [0.717, 1.165) is 39.2 Å². The van der Waals surface area contributed by atoms with Crippen molar-refractivity contribution in [2.45, 2.75) is 26.8 Å². The van der Waals surface area contributed by atoms with Crippen molar-refractivity contribution in [2.75, 3.05) is 5.32 Å². The normalized spacial score (nSPS) is 11.2. The molecule has 33 heavy (non-hydrogen) atoms. The number of benzene rings is 3. The molecule has 0 fully saturated rings. The van der Waals surface area contributed by atoms with E-state index in [2.05, 4.69) is 32.4 Å². The first-order chi connectivity index (χ1) is 16.0. The molecule has 6 nitrogen and oxygen atoms in total. The van der Waals surface area contributed by atoms with Gasteiger partial charge in [0.25, 0.3) is 0 Å². The van der Waals surface area contributed by atoms with Crippen molar-refractivity contribution in [3.63, 3.8) is 0 Å². The highest BCUT2D eigenvalue weighted by molar-refractivity contribution is 5.91. The number of aryl methyl sites for hydroxylation is 1. The lowest BCUT2D eigenvalue weighted by Crippen LogP contribution is -2.28. The minimum atomic E-state index is -0.234. The van der Waals surface area contributed by atoms with Gasteiger partial charge in [-0.1, -0.05) is 30.0 Å². The third-order valence-corrected chi connectivity index (χ3v) is 4.90. The van der Waals surface area contributed by atoms with Crippen LogP contribution >= 0.6 is 0 Å². The van der Waals surface area contributed by atoms with Crippen molar-refractivity contribution >= 4 is 28.3 Å². The van der Waals surface area contributed by atoms with Gasteiger partial charge in [-0.25, -0.2) is 9.97 Å². The number of hydrogen-bond acceptors (Lipinski definition) is 5. The van der Waals surface area contributed by atoms with Crippen molar-refractivity contribution in [2.24, 2.45) is 0 Å². The van der Waals surface area contributed by atoms with Gasteiger partial charge >= 0.3 is 0 Å². The number of nitrogens with one attached hydrogen (secondary N) is 2. The summed E-state index contributed by atoms with van der Waals surface area (Å²) in [5.41, 5.74) is 3.53. The summed E-state index contributed by atoms with van der Waals surface area (Å²) in [6.07, 6.45) is 1.54. The standard InChI is InChI=1S/C27H24N4O2/c1-18-15-22(12-14-26(18)33-23-7-5-4-6-8-23)31-27-24-16-21(10-9-19(2)30-20(3)32)11-13-25(24)28-17-29-27/h4-8,11-17,19H,1-3H3,(H,30,32)(H,28,29,31). The second-order valence-corrected chi connectivity index (χ2v) is 7.67. The smallest absolute Gasteiger partial charge is 0.217 e. The first-order valence-electron chi connectivity index (χ1n) is 10.6. The third-order valence-electron chi connectivity index (χ3n) is 4.90. The highest BCUT2D eigenvalue weighted by atomic mass is 16.5. The Hall–Kier alpha value is -4.37. The molecule has 6 heteroatoms. The topological polar surface area (TPSA) is 76.1 Å². The summed E-state index contributed by atoms with van der Waals surface area (Å²) >= 11 is 0. The fraction of sp³-hybridized carbons (Fsp3) is 0.148. The Kier molecular flexibility index (Phi) is 6.51. The molecule has 1 aromatic heterocycles. The second kappa shape index (κ2) is 9.84. The molecule has 4 aromatic rings. The summed E-state index contributed by atoms with van der Waals surface area (Å²) in [7, 11) is 0. The van der Waals surface area contributed by atoms with E-state index in [-0.39, 0.29) is 11.9 Å². The van der Waals surface area contributed by atoms with E-state index in [1.165, 1.54) is 13.3 Å². The van der Waals surface area contributed by atoms with Crippen LogP contribution in [0.5, 0.6) is 11.5 Å². The van der Waals surface area contributed by atoms with Crippen LogP contribution in [0.3, 0.4) is 0 Å². The molecule has 3 aromatic carbocycles. The van der Waals surface area contributed by atoms with Crippen molar-refractivity contribution in [1.82, 2.24) is 15.3 Å². The van der Waals surface area contributed by atoms with Gasteiger partial charge in [-0.15, -0.1) is 0 Å². The van der Waals surface area contributed by atoms with Crippen LogP contribution in [0.1, 0.15) is 25.0 Å². The zero-order chi connectivity index (χ0) is 23.2. The predicted molar refractivity (Wildman–Crippen MR) is 131 cm³/mol. The van der Waals surface area contributed by atoms with E-state index in [1.54, 1.807) is 0 Å². The molecule has 2 N–H and O–H groups in total. The van der Waals surface area contributed by atoms with Crippen molar-refractivity contribution in [3.05, 3.63) is 84.2 Å². The highest BCUT2D eigenvalue weighted by Crippen LogP contribution is 2.29. The van der Waals surface area contributed by atoms with E-state index in [9.17, 15) is 4.79 Å². The largest absolute Gasteiger partial charge is 0.457 e. The Morgan fingerprint density at radius 1 is 1.03 bits per heavy atom. The van der Waals surface area contributed by atoms with Gasteiger partial charge in [0, 0.05) is 23.6 Å². The number of amides is 1. The van der Waals surface area contributed by atoms with Gasteiger partial charge in [0.15, 0.2) is 0 Å². The number of rotatable bonds is 5. The van der Waals surface area contributed by atoms with E-state index in [1.807, 2.05) is 80.6 Å². The maximum Gasteiger partial charge on any atom is 0.217 e. The first kappa shape index (κ1) is 21.8. The summed E-state index contributed by atoms with van der Waals surface area (Å²) in [6.45, 7) is 5.33. The Labute approximate surface area is 193 Å². The van der Waals surface area contributed by atoms with Gasteiger partial charge < -0.3 is 15.4 Å². The molecule has 0 aliphatic rings. The summed E-state index contributed by atoms with van der Waals surface area (Å²) < 4.78 is 5.98. The maximum atomic E-state index is 11.2. The van der Waals surface area contributed by atoms with Crippen LogP contribution < -0.4 is 15.4 Å². The highest BCUT2D eigenvalue weighted by Gasteiger charge is 2.08. The maximum absolute atomic E-state index is 11.2. The molecule has 0 saturated carbocycles. The molecule has 0 radical (unpaired) electrons. The molecule has 0 bridgehead atoms. The Morgan fingerprint density at radius 2 is 1.85 bits per heavy atom. The molecule has 1 atom stereocenters. The predicted octanol–water partition coefficient (Wildman–Crippen LogP) is 5.35. The molecule has 1 unspecified atom stereocenters. The number of nitrogens with zero attached hydrogens (tertiary/aromatic N) is 2. The number of para-hydroxylation sites is 1. The monoisotopic (exact) mass is 436 g/mol. The van der Waals surface area contributed by atoms with E-state index >= 15 is 0 Å². The summed E-state index contributed by atoms with van der Waals surface area (Å²) in [5.74, 6) is 8.32. The van der Waals surface area contributed by atoms with Gasteiger partial charge in [0.05, 0.1) is 11.6 Å². The molecule has 0 aliphatic heterocycles. The van der Waals surface area contributed by atoms with Crippen LogP contribution in [0.2, 0.25) is 0 Å². The summed E-state index contributed by atoms with van der Waals surface area (Å²) in [4.78, 5) is 20.0. The van der Waals surface area contributed by atoms with Crippen LogP contribution in [0, 0.1) is 18.8 Å². The molecule has 1 amide bonds. The van der Waals surface area contributed by atoms with Crippen molar-refractivity contribution < 1.29 is 9.53 Å². The molecule has 0 spiro atoms. The van der Waals surface area contributed by atoms with Gasteiger partial charge in [-0.2, -0.15) is 0 Å². The SMILES string of the molecule is CC(=O)NC(C)C#Cc1ccc2ncnc(Nc3ccc(Oc4ccccc4)c(C)c3)c2c1. The molecule has 0 saturated heterocycles. The molecular formula is C27H24N4O2. The minimum Gasteiger partial charge on any atom is -0.457 e. The fourth-order valence-electron chi connectivity index (χ4n) is 3.36. The van der Waals surface area contributed by atoms with E-state index in [4.69, 9.17) is 4.74 Å². The number of hydrogen-bond donors (Lipinski definition) is 2. The number of carbonyl (C=O) groups is 1. The number of aromatic nitrogens is 2. The fourth-order valence-corrected chi connectivity index (χ4v) is 3.36. The third kappa shape index (κ3) is 5.66. The molecule has 4 rings (SSSR count). The van der Waals surface area contributed by atoms with Crippen LogP contribution in [-0.4, -0.2) is 21.9 Å². The quantitative estimate of drug-likeness (QED) is 0.413. The van der Waals surface area contributed by atoms with E-state index < -0.39 is 0 Å². The van der Waals surface area contributed by atoms with Crippen LogP contribution in [0.15, 0.2) is 73.1 Å². The van der Waals surface area contributed by atoms with Crippen LogP contribution in [-0.2, 0) is 4.79 Å². The van der Waals surface area contributed by atoms with E-state index in [0.29, 0.717) is 5.82 Å². The number of ether oxygens (including phenoxy) is 1. The average Bonchev–Trinajstić information content (AvgIpc) is 2.80. The van der Waals surface area contributed by atoms with Gasteiger partial charge in [0.2, 0.25) is 5.91 Å². The van der Waals surface area contributed by atoms with Crippen molar-refractivity contribution in [1.29, 1.82) is 0 Å². The van der Waals surface area contributed by atoms with Crippen LogP contribution in [0.25, 0.3) is 10.9 Å². The van der Waals surface area contributed by atoms with Gasteiger partial charge in [0.1, 0.15) is 23.6 Å². The minimum absolute atomic E-state index is 0.106. The van der Waals surface area contributed by atoms with Gasteiger partial charge in [-0.05, 0) is 67.9 Å². The van der Waals surface area contributed by atoms with Crippen LogP contribution in [0.4, 0.5) is 11.5 Å². The lowest BCUT2D eigenvalue weighted by atomic mass is 10.1. The molecule has 1 heterocycles. The first-order valence-corrected chi connectivity index (χ1v) is 10.6. The summed E-state index contributed by atoms with van der Waals surface area (Å²) in [5, 5.41) is 7.00. The zero-order valence-corrected chi connectivity index (χ0v) is 18.7. The van der Waals surface area contributed by atoms with Gasteiger partial charge in [-0.3, -0.25) is 4.79 Å². The molecular weight excluding hydrogens is 412 g/mol. The molecule has 0 aliphatic carbocycles. The summed E-state index contributed by atoms with van der Waals surface area (Å²) in [6, 6.07) is 21.2. The molecule has 164 valence electrons. The lowest BCUT2D eigenvalue weighted by molar-refractivity contribution is -0.119.